The summed E-state index contributed by atoms with van der Waals surface area (Å²) in [6, 6.07) is 11.2. The van der Waals surface area contributed by atoms with Crippen LogP contribution in [0.2, 0.25) is 0 Å². The van der Waals surface area contributed by atoms with E-state index in [1.165, 1.54) is 0 Å². The molecular formula is C25H32N4O4. The average molecular weight is 453 g/mol. The van der Waals surface area contributed by atoms with Crippen molar-refractivity contribution < 1.29 is 19.1 Å². The van der Waals surface area contributed by atoms with Gasteiger partial charge in [-0.05, 0) is 35.7 Å². The van der Waals surface area contributed by atoms with E-state index in [1.54, 1.807) is 17.3 Å². The number of para-hydroxylation sites is 2. The zero-order valence-corrected chi connectivity index (χ0v) is 19.4. The number of carbonyl (C=O) groups excluding carboxylic acids is 2. The summed E-state index contributed by atoms with van der Waals surface area (Å²) in [5.74, 6) is 0.372. The van der Waals surface area contributed by atoms with Gasteiger partial charge in [-0.15, -0.1) is 0 Å². The summed E-state index contributed by atoms with van der Waals surface area (Å²) in [5, 5.41) is 0. The molecule has 3 heterocycles. The predicted molar refractivity (Wildman–Crippen MR) is 125 cm³/mol. The van der Waals surface area contributed by atoms with E-state index in [0.29, 0.717) is 37.7 Å². The Kier molecular flexibility index (Phi) is 7.57. The SMILES string of the molecule is CC(C)[C@@H]1Oc2ccccc2N(CC(=O)N(CCN2CCOCC2)Cc2ccncc2)C1=O. The summed E-state index contributed by atoms with van der Waals surface area (Å²) in [6.07, 6.45) is 2.86. The smallest absolute Gasteiger partial charge is 0.268 e. The third-order valence-electron chi connectivity index (χ3n) is 6.08. The summed E-state index contributed by atoms with van der Waals surface area (Å²) in [5.41, 5.74) is 1.65. The van der Waals surface area contributed by atoms with Gasteiger partial charge in [0.05, 0.1) is 18.9 Å². The summed E-state index contributed by atoms with van der Waals surface area (Å²) >= 11 is 0. The lowest BCUT2D eigenvalue weighted by atomic mass is 10.0. The average Bonchev–Trinajstić information content (AvgIpc) is 2.84. The van der Waals surface area contributed by atoms with Crippen LogP contribution in [0, 0.1) is 5.92 Å². The number of aromatic nitrogens is 1. The van der Waals surface area contributed by atoms with Crippen molar-refractivity contribution in [3.63, 3.8) is 0 Å². The highest BCUT2D eigenvalue weighted by atomic mass is 16.5. The fourth-order valence-corrected chi connectivity index (χ4v) is 4.15. The van der Waals surface area contributed by atoms with Crippen LogP contribution in [0.4, 0.5) is 5.69 Å². The molecule has 1 aromatic heterocycles. The van der Waals surface area contributed by atoms with Gasteiger partial charge in [0.2, 0.25) is 5.91 Å². The molecule has 2 aromatic rings. The Balaban J connectivity index is 1.52. The molecule has 1 atom stereocenters. The van der Waals surface area contributed by atoms with Gasteiger partial charge in [-0.1, -0.05) is 26.0 Å². The Bertz CT molecular complexity index is 946. The number of nitrogens with zero attached hydrogens (tertiary/aromatic N) is 4. The highest BCUT2D eigenvalue weighted by molar-refractivity contribution is 6.04. The molecule has 0 radical (unpaired) electrons. The van der Waals surface area contributed by atoms with Gasteiger partial charge in [-0.2, -0.15) is 0 Å². The quantitative estimate of drug-likeness (QED) is 0.611. The van der Waals surface area contributed by atoms with E-state index >= 15 is 0 Å². The van der Waals surface area contributed by atoms with E-state index < -0.39 is 6.10 Å². The summed E-state index contributed by atoms with van der Waals surface area (Å²) in [4.78, 5) is 36.6. The molecule has 0 N–H and O–H groups in total. The van der Waals surface area contributed by atoms with E-state index in [2.05, 4.69) is 9.88 Å². The third kappa shape index (κ3) is 5.69. The molecular weight excluding hydrogens is 420 g/mol. The van der Waals surface area contributed by atoms with Crippen LogP contribution < -0.4 is 9.64 Å². The first-order valence-electron chi connectivity index (χ1n) is 11.6. The van der Waals surface area contributed by atoms with Crippen molar-refractivity contribution in [1.29, 1.82) is 0 Å². The number of hydrogen-bond acceptors (Lipinski definition) is 6. The molecule has 0 aliphatic carbocycles. The molecule has 0 saturated carbocycles. The fraction of sp³-hybridized carbons (Fsp3) is 0.480. The number of carbonyl (C=O) groups is 2. The topological polar surface area (TPSA) is 75.2 Å². The molecule has 33 heavy (non-hydrogen) atoms. The van der Waals surface area contributed by atoms with Crippen molar-refractivity contribution in [2.24, 2.45) is 5.92 Å². The first kappa shape index (κ1) is 23.2. The molecule has 8 heteroatoms. The second-order valence-corrected chi connectivity index (χ2v) is 8.80. The number of rotatable bonds is 8. The van der Waals surface area contributed by atoms with Crippen LogP contribution in [0.25, 0.3) is 0 Å². The Labute approximate surface area is 195 Å². The highest BCUT2D eigenvalue weighted by Gasteiger charge is 2.37. The molecule has 1 aromatic carbocycles. The van der Waals surface area contributed by atoms with Gasteiger partial charge in [0, 0.05) is 45.1 Å². The lowest BCUT2D eigenvalue weighted by molar-refractivity contribution is -0.134. The largest absolute Gasteiger partial charge is 0.478 e. The van der Waals surface area contributed by atoms with Crippen LogP contribution in [-0.2, 0) is 20.9 Å². The van der Waals surface area contributed by atoms with Crippen molar-refractivity contribution in [3.05, 3.63) is 54.4 Å². The summed E-state index contributed by atoms with van der Waals surface area (Å²) < 4.78 is 11.4. The van der Waals surface area contributed by atoms with Gasteiger partial charge < -0.3 is 14.4 Å². The third-order valence-corrected chi connectivity index (χ3v) is 6.08. The summed E-state index contributed by atoms with van der Waals surface area (Å²) in [7, 11) is 0. The van der Waals surface area contributed by atoms with E-state index in [-0.39, 0.29) is 24.3 Å². The van der Waals surface area contributed by atoms with Crippen molar-refractivity contribution in [1.82, 2.24) is 14.8 Å². The van der Waals surface area contributed by atoms with Crippen molar-refractivity contribution in [2.45, 2.75) is 26.5 Å². The molecule has 4 rings (SSSR count). The number of morpholine rings is 1. The number of hydrogen-bond donors (Lipinski definition) is 0. The highest BCUT2D eigenvalue weighted by Crippen LogP contribution is 2.35. The van der Waals surface area contributed by atoms with Gasteiger partial charge >= 0.3 is 0 Å². The van der Waals surface area contributed by atoms with Crippen LogP contribution in [0.15, 0.2) is 48.8 Å². The molecule has 1 fully saturated rings. The van der Waals surface area contributed by atoms with Crippen molar-refractivity contribution in [2.75, 3.05) is 50.8 Å². The number of pyridine rings is 1. The molecule has 1 saturated heterocycles. The van der Waals surface area contributed by atoms with Crippen molar-refractivity contribution >= 4 is 17.5 Å². The maximum absolute atomic E-state index is 13.6. The van der Waals surface area contributed by atoms with Gasteiger partial charge in [0.1, 0.15) is 12.3 Å². The van der Waals surface area contributed by atoms with Crippen molar-refractivity contribution in [3.8, 4) is 5.75 Å². The predicted octanol–water partition coefficient (Wildman–Crippen LogP) is 2.19. The number of amides is 2. The Hall–Kier alpha value is -2.97. The number of anilines is 1. The Morgan fingerprint density at radius 1 is 1.15 bits per heavy atom. The molecule has 0 bridgehead atoms. The van der Waals surface area contributed by atoms with E-state index in [9.17, 15) is 9.59 Å². The Morgan fingerprint density at radius 3 is 2.61 bits per heavy atom. The monoisotopic (exact) mass is 452 g/mol. The van der Waals surface area contributed by atoms with Crippen LogP contribution in [0.5, 0.6) is 5.75 Å². The molecule has 0 spiro atoms. The lowest BCUT2D eigenvalue weighted by Gasteiger charge is -2.37. The fourth-order valence-electron chi connectivity index (χ4n) is 4.15. The number of fused-ring (bicyclic) bond motifs is 1. The molecule has 176 valence electrons. The minimum absolute atomic E-state index is 0.00213. The number of ether oxygens (including phenoxy) is 2. The van der Waals surface area contributed by atoms with Crippen LogP contribution in [0.3, 0.4) is 0 Å². The first-order chi connectivity index (χ1) is 16.0. The van der Waals surface area contributed by atoms with E-state index in [1.807, 2.05) is 55.1 Å². The zero-order valence-electron chi connectivity index (χ0n) is 19.4. The lowest BCUT2D eigenvalue weighted by Crippen LogP contribution is -2.52. The van der Waals surface area contributed by atoms with E-state index in [4.69, 9.17) is 9.47 Å². The summed E-state index contributed by atoms with van der Waals surface area (Å²) in [6.45, 7) is 8.86. The van der Waals surface area contributed by atoms with E-state index in [0.717, 1.165) is 25.2 Å². The molecule has 2 aliphatic rings. The molecule has 8 nitrogen and oxygen atoms in total. The molecule has 0 unspecified atom stereocenters. The number of benzene rings is 1. The van der Waals surface area contributed by atoms with Gasteiger partial charge in [-0.25, -0.2) is 0 Å². The molecule has 2 aliphatic heterocycles. The maximum Gasteiger partial charge on any atom is 0.268 e. The minimum Gasteiger partial charge on any atom is -0.478 e. The van der Waals surface area contributed by atoms with Crippen LogP contribution in [-0.4, -0.2) is 78.6 Å². The Morgan fingerprint density at radius 2 is 1.88 bits per heavy atom. The zero-order chi connectivity index (χ0) is 23.2. The first-order valence-corrected chi connectivity index (χ1v) is 11.6. The standard InChI is InChI=1S/C25H32N4O4/c1-19(2)24-25(31)29(21-5-3-4-6-22(21)33-24)18-23(30)28(17-20-7-9-26-10-8-20)12-11-27-13-15-32-16-14-27/h3-10,19,24H,11-18H2,1-2H3/t24-/m0/s1. The van der Waals surface area contributed by atoms with Crippen LogP contribution >= 0.6 is 0 Å². The normalized spacial score (nSPS) is 18.7. The molecule has 2 amide bonds. The van der Waals surface area contributed by atoms with Crippen LogP contribution in [0.1, 0.15) is 19.4 Å². The second-order valence-electron chi connectivity index (χ2n) is 8.80. The maximum atomic E-state index is 13.6. The minimum atomic E-state index is -0.602. The van der Waals surface area contributed by atoms with Gasteiger partial charge in [0.25, 0.3) is 5.91 Å². The van der Waals surface area contributed by atoms with Gasteiger partial charge in [-0.3, -0.25) is 24.4 Å². The van der Waals surface area contributed by atoms with Gasteiger partial charge in [0.15, 0.2) is 6.10 Å². The second kappa shape index (κ2) is 10.8.